The zero-order valence-corrected chi connectivity index (χ0v) is 16.9. The molecule has 7 heteroatoms. The van der Waals surface area contributed by atoms with Gasteiger partial charge in [-0.2, -0.15) is 0 Å². The largest absolute Gasteiger partial charge is 0.398 e. The molecule has 1 saturated heterocycles. The highest BCUT2D eigenvalue weighted by molar-refractivity contribution is 9.11. The molecule has 1 aromatic carbocycles. The summed E-state index contributed by atoms with van der Waals surface area (Å²) in [7, 11) is 0. The van der Waals surface area contributed by atoms with Gasteiger partial charge >= 0.3 is 0 Å². The maximum absolute atomic E-state index is 9.88. The van der Waals surface area contributed by atoms with E-state index in [1.807, 2.05) is 6.07 Å². The second-order valence-electron chi connectivity index (χ2n) is 6.23. The Hall–Kier alpha value is 0.150. The molecule has 1 aliphatic heterocycles. The molecule has 22 heavy (non-hydrogen) atoms. The van der Waals surface area contributed by atoms with Crippen molar-refractivity contribution in [1.29, 1.82) is 0 Å². The summed E-state index contributed by atoms with van der Waals surface area (Å²) in [6.45, 7) is 8.14. The first-order valence-corrected chi connectivity index (χ1v) is 8.75. The second-order valence-corrected chi connectivity index (χ2v) is 8.00. The SMILES string of the molecule is CC(C)(CO)[C@H](c1cc(Br)cc(Br)c1N)N1CCNCC1.Cl. The molecule has 4 nitrogen and oxygen atoms in total. The first kappa shape index (κ1) is 20.2. The van der Waals surface area contributed by atoms with Gasteiger partial charge in [0, 0.05) is 53.2 Å². The van der Waals surface area contributed by atoms with E-state index in [0.29, 0.717) is 0 Å². The third kappa shape index (κ3) is 4.36. The molecule has 1 atom stereocenters. The number of nitrogen functional groups attached to an aromatic ring is 1. The number of piperazine rings is 1. The number of nitrogens with zero attached hydrogens (tertiary/aromatic N) is 1. The van der Waals surface area contributed by atoms with E-state index in [9.17, 15) is 5.11 Å². The highest BCUT2D eigenvalue weighted by atomic mass is 79.9. The fourth-order valence-electron chi connectivity index (χ4n) is 2.97. The molecule has 1 aliphatic rings. The summed E-state index contributed by atoms with van der Waals surface area (Å²) < 4.78 is 1.88. The number of halogens is 3. The normalized spacial score (nSPS) is 17.9. The lowest BCUT2D eigenvalue weighted by Gasteiger charge is -2.44. The van der Waals surface area contributed by atoms with Gasteiger partial charge in [-0.05, 0) is 33.6 Å². The van der Waals surface area contributed by atoms with Crippen molar-refractivity contribution in [3.63, 3.8) is 0 Å². The Kier molecular flexibility index (Phi) is 7.63. The summed E-state index contributed by atoms with van der Waals surface area (Å²) >= 11 is 7.08. The number of hydrogen-bond acceptors (Lipinski definition) is 4. The number of anilines is 1. The van der Waals surface area contributed by atoms with Crippen LogP contribution in [0.5, 0.6) is 0 Å². The number of aliphatic hydroxyl groups is 1. The maximum Gasteiger partial charge on any atom is 0.0508 e. The van der Waals surface area contributed by atoms with Gasteiger partial charge in [-0.1, -0.05) is 29.8 Å². The Labute approximate surface area is 155 Å². The molecule has 1 aromatic rings. The molecular weight excluding hydrogens is 433 g/mol. The van der Waals surface area contributed by atoms with Crippen LogP contribution in [0.1, 0.15) is 25.5 Å². The summed E-state index contributed by atoms with van der Waals surface area (Å²) in [4.78, 5) is 2.41. The molecule has 0 unspecified atom stereocenters. The third-order valence-electron chi connectivity index (χ3n) is 4.09. The van der Waals surface area contributed by atoms with Crippen molar-refractivity contribution in [3.05, 3.63) is 26.6 Å². The zero-order valence-electron chi connectivity index (χ0n) is 12.9. The van der Waals surface area contributed by atoms with Gasteiger partial charge < -0.3 is 16.2 Å². The van der Waals surface area contributed by atoms with Crippen LogP contribution >= 0.6 is 44.3 Å². The number of hydrogen-bond donors (Lipinski definition) is 3. The van der Waals surface area contributed by atoms with Crippen LogP contribution in [0, 0.1) is 5.41 Å². The van der Waals surface area contributed by atoms with Gasteiger partial charge in [0.2, 0.25) is 0 Å². The third-order valence-corrected chi connectivity index (χ3v) is 5.20. The van der Waals surface area contributed by atoms with E-state index >= 15 is 0 Å². The number of nitrogens with two attached hydrogens (primary N) is 1. The molecule has 0 aliphatic carbocycles. The lowest BCUT2D eigenvalue weighted by molar-refractivity contribution is 0.0308. The standard InChI is InChI=1S/C15H23Br2N3O.ClH/c1-15(2,9-21)14(20-5-3-19-4-6-20)11-7-10(16)8-12(17)13(11)18;/h7-8,14,19,21H,3-6,9,18H2,1-2H3;1H/t14-;/m0./s1. The first-order valence-electron chi connectivity index (χ1n) is 7.17. The predicted molar refractivity (Wildman–Crippen MR) is 102 cm³/mol. The number of benzene rings is 1. The first-order chi connectivity index (χ1) is 9.86. The zero-order chi connectivity index (χ0) is 15.6. The molecule has 0 amide bonds. The molecule has 2 rings (SSSR count). The number of nitrogens with one attached hydrogen (secondary N) is 1. The summed E-state index contributed by atoms with van der Waals surface area (Å²) in [6, 6.07) is 4.11. The Morgan fingerprint density at radius 1 is 1.32 bits per heavy atom. The molecule has 1 fully saturated rings. The lowest BCUT2D eigenvalue weighted by Crippen LogP contribution is -2.49. The molecule has 0 spiro atoms. The maximum atomic E-state index is 9.88. The predicted octanol–water partition coefficient (Wildman–Crippen LogP) is 3.18. The van der Waals surface area contributed by atoms with Crippen LogP contribution in [0.4, 0.5) is 5.69 Å². The van der Waals surface area contributed by atoms with Crippen molar-refractivity contribution in [2.24, 2.45) is 5.41 Å². The van der Waals surface area contributed by atoms with Crippen LogP contribution in [0.15, 0.2) is 21.1 Å². The van der Waals surface area contributed by atoms with Crippen molar-refractivity contribution in [2.45, 2.75) is 19.9 Å². The van der Waals surface area contributed by atoms with Gasteiger partial charge in [0.25, 0.3) is 0 Å². The fourth-order valence-corrected chi connectivity index (χ4v) is 4.23. The lowest BCUT2D eigenvalue weighted by atomic mass is 9.79. The van der Waals surface area contributed by atoms with E-state index in [1.54, 1.807) is 0 Å². The number of rotatable bonds is 4. The average molecular weight is 458 g/mol. The Morgan fingerprint density at radius 2 is 1.91 bits per heavy atom. The molecule has 0 radical (unpaired) electrons. The van der Waals surface area contributed by atoms with Crippen LogP contribution in [0.2, 0.25) is 0 Å². The molecule has 0 saturated carbocycles. The van der Waals surface area contributed by atoms with E-state index in [-0.39, 0.29) is 30.5 Å². The van der Waals surface area contributed by atoms with E-state index in [1.165, 1.54) is 0 Å². The van der Waals surface area contributed by atoms with Crippen LogP contribution in [-0.4, -0.2) is 42.8 Å². The molecule has 0 aromatic heterocycles. The van der Waals surface area contributed by atoms with Gasteiger partial charge in [-0.15, -0.1) is 12.4 Å². The van der Waals surface area contributed by atoms with Crippen LogP contribution in [0.25, 0.3) is 0 Å². The monoisotopic (exact) mass is 455 g/mol. The minimum absolute atomic E-state index is 0. The molecule has 1 heterocycles. The average Bonchev–Trinajstić information content (AvgIpc) is 2.45. The van der Waals surface area contributed by atoms with Crippen molar-refractivity contribution in [2.75, 3.05) is 38.5 Å². The van der Waals surface area contributed by atoms with Gasteiger partial charge in [-0.25, -0.2) is 0 Å². The molecular formula is C15H24Br2ClN3O. The Balaban J connectivity index is 0.00000242. The molecule has 4 N–H and O–H groups in total. The smallest absolute Gasteiger partial charge is 0.0508 e. The second kappa shape index (κ2) is 8.31. The van der Waals surface area contributed by atoms with Crippen molar-refractivity contribution >= 4 is 50.0 Å². The fraction of sp³-hybridized carbons (Fsp3) is 0.600. The highest BCUT2D eigenvalue weighted by Gasteiger charge is 2.37. The van der Waals surface area contributed by atoms with E-state index in [0.717, 1.165) is 46.4 Å². The van der Waals surface area contributed by atoms with Crippen LogP contribution in [0.3, 0.4) is 0 Å². The van der Waals surface area contributed by atoms with Gasteiger partial charge in [0.05, 0.1) is 5.69 Å². The minimum Gasteiger partial charge on any atom is -0.398 e. The van der Waals surface area contributed by atoms with Crippen molar-refractivity contribution < 1.29 is 5.11 Å². The number of aliphatic hydroxyl groups excluding tert-OH is 1. The Bertz CT molecular complexity index is 508. The quantitative estimate of drug-likeness (QED) is 0.608. The summed E-state index contributed by atoms with van der Waals surface area (Å²) in [5.41, 5.74) is 7.87. The topological polar surface area (TPSA) is 61.5 Å². The van der Waals surface area contributed by atoms with Crippen LogP contribution < -0.4 is 11.1 Å². The van der Waals surface area contributed by atoms with Crippen LogP contribution in [-0.2, 0) is 0 Å². The van der Waals surface area contributed by atoms with E-state index in [4.69, 9.17) is 5.73 Å². The summed E-state index contributed by atoms with van der Waals surface area (Å²) in [5.74, 6) is 0. The van der Waals surface area contributed by atoms with Gasteiger partial charge in [-0.3, -0.25) is 4.90 Å². The van der Waals surface area contributed by atoms with E-state index < -0.39 is 0 Å². The van der Waals surface area contributed by atoms with Gasteiger partial charge in [0.1, 0.15) is 0 Å². The Morgan fingerprint density at radius 3 is 2.45 bits per heavy atom. The molecule has 0 bridgehead atoms. The van der Waals surface area contributed by atoms with E-state index in [2.05, 4.69) is 62.0 Å². The highest BCUT2D eigenvalue weighted by Crippen LogP contribution is 2.43. The van der Waals surface area contributed by atoms with Crippen molar-refractivity contribution in [3.8, 4) is 0 Å². The van der Waals surface area contributed by atoms with Crippen molar-refractivity contribution in [1.82, 2.24) is 10.2 Å². The summed E-state index contributed by atoms with van der Waals surface area (Å²) in [5, 5.41) is 13.3. The molecule has 126 valence electrons. The minimum atomic E-state index is -0.272. The summed E-state index contributed by atoms with van der Waals surface area (Å²) in [6.07, 6.45) is 0. The van der Waals surface area contributed by atoms with Gasteiger partial charge in [0.15, 0.2) is 0 Å².